The van der Waals surface area contributed by atoms with E-state index in [1.54, 1.807) is 38.5 Å². The summed E-state index contributed by atoms with van der Waals surface area (Å²) in [6.45, 7) is 15.0. The Morgan fingerprint density at radius 3 is 2.49 bits per heavy atom. The summed E-state index contributed by atoms with van der Waals surface area (Å²) in [6, 6.07) is 19.1. The molecule has 4 heteroatoms. The molecule has 0 amide bonds. The van der Waals surface area contributed by atoms with E-state index in [9.17, 15) is 0 Å². The highest BCUT2D eigenvalue weighted by Crippen LogP contribution is 2.42. The van der Waals surface area contributed by atoms with Crippen LogP contribution in [0.5, 0.6) is 0 Å². The molecule has 35 heavy (non-hydrogen) atoms. The van der Waals surface area contributed by atoms with E-state index >= 15 is 4.39 Å². The van der Waals surface area contributed by atoms with Crippen LogP contribution in [0.1, 0.15) is 34.6 Å². The average Bonchev–Trinajstić information content (AvgIpc) is 3.21. The van der Waals surface area contributed by atoms with Gasteiger partial charge in [0.05, 0.1) is 12.1 Å². The van der Waals surface area contributed by atoms with Crippen molar-refractivity contribution in [2.24, 2.45) is 12.5 Å². The van der Waals surface area contributed by atoms with E-state index in [4.69, 9.17) is 13.7 Å². The standard InChI is InChI=1S/C31H28FN2O/c1-19-12-13-22-24-15-26(33-5)23(20-10-8-7-9-11-20)16-28(24)35-30(22)29(19)27-14-21(17-31(2,3)4)25(32)18-34(27)6/h7-16,18H,17H2,1-4,6H3/q+1/i17D2. The predicted molar refractivity (Wildman–Crippen MR) is 140 cm³/mol. The molecule has 0 unspecified atom stereocenters. The number of furan rings is 1. The topological polar surface area (TPSA) is 21.4 Å². The van der Waals surface area contributed by atoms with Crippen molar-refractivity contribution in [3.8, 4) is 22.4 Å². The summed E-state index contributed by atoms with van der Waals surface area (Å²) >= 11 is 0. The van der Waals surface area contributed by atoms with Gasteiger partial charge in [-0.2, -0.15) is 4.57 Å². The van der Waals surface area contributed by atoms with Gasteiger partial charge >= 0.3 is 0 Å². The number of hydrogen-bond acceptors (Lipinski definition) is 1. The quantitative estimate of drug-likeness (QED) is 0.194. The van der Waals surface area contributed by atoms with Crippen LogP contribution in [0, 0.1) is 24.7 Å². The van der Waals surface area contributed by atoms with Gasteiger partial charge in [0.15, 0.2) is 11.5 Å². The molecule has 0 spiro atoms. The Bertz CT molecular complexity index is 1720. The lowest BCUT2D eigenvalue weighted by molar-refractivity contribution is -0.662. The molecule has 0 saturated heterocycles. The first-order chi connectivity index (χ1) is 17.4. The minimum atomic E-state index is -1.90. The third-order valence-corrected chi connectivity index (χ3v) is 6.16. The fourth-order valence-electron chi connectivity index (χ4n) is 4.60. The number of rotatable bonds is 3. The maximum atomic E-state index is 15.1. The number of aromatic nitrogens is 1. The fraction of sp³-hybridized carbons (Fsp3) is 0.226. The predicted octanol–water partition coefficient (Wildman–Crippen LogP) is 8.33. The minimum absolute atomic E-state index is 0.0160. The largest absolute Gasteiger partial charge is 0.455 e. The molecule has 0 aliphatic rings. The maximum Gasteiger partial charge on any atom is 0.216 e. The molecule has 0 N–H and O–H groups in total. The van der Waals surface area contributed by atoms with Crippen LogP contribution in [0.2, 0.25) is 0 Å². The summed E-state index contributed by atoms with van der Waals surface area (Å²) in [4.78, 5) is 3.79. The molecule has 3 nitrogen and oxygen atoms in total. The van der Waals surface area contributed by atoms with Crippen LogP contribution in [0.15, 0.2) is 71.3 Å². The molecular formula is C31H28FN2O+. The highest BCUT2D eigenvalue weighted by molar-refractivity contribution is 6.12. The lowest BCUT2D eigenvalue weighted by Crippen LogP contribution is -2.32. The minimum Gasteiger partial charge on any atom is -0.455 e. The van der Waals surface area contributed by atoms with Gasteiger partial charge in [-0.3, -0.25) is 0 Å². The Labute approximate surface area is 208 Å². The molecule has 0 radical (unpaired) electrons. The average molecular weight is 466 g/mol. The van der Waals surface area contributed by atoms with Crippen LogP contribution in [0.4, 0.5) is 10.1 Å². The Kier molecular flexibility index (Phi) is 4.87. The summed E-state index contributed by atoms with van der Waals surface area (Å²) < 4.78 is 40.7. The molecule has 2 heterocycles. The monoisotopic (exact) mass is 465 g/mol. The first-order valence-corrected chi connectivity index (χ1v) is 11.6. The lowest BCUT2D eigenvalue weighted by atomic mass is 9.87. The molecule has 0 aliphatic carbocycles. The molecule has 3 aromatic carbocycles. The van der Waals surface area contributed by atoms with E-state index in [1.165, 1.54) is 6.20 Å². The molecule has 5 rings (SSSR count). The van der Waals surface area contributed by atoms with Crippen molar-refractivity contribution >= 4 is 27.6 Å². The Morgan fingerprint density at radius 1 is 1.06 bits per heavy atom. The normalized spacial score (nSPS) is 13.1. The molecule has 0 fully saturated rings. The lowest BCUT2D eigenvalue weighted by Gasteiger charge is -2.18. The van der Waals surface area contributed by atoms with Crippen molar-refractivity contribution in [2.45, 2.75) is 34.1 Å². The van der Waals surface area contributed by atoms with Crippen molar-refractivity contribution in [1.29, 1.82) is 0 Å². The van der Waals surface area contributed by atoms with Crippen molar-refractivity contribution in [2.75, 3.05) is 0 Å². The molecule has 2 aromatic heterocycles. The van der Waals surface area contributed by atoms with E-state index in [0.29, 0.717) is 22.5 Å². The van der Waals surface area contributed by atoms with Crippen LogP contribution >= 0.6 is 0 Å². The number of hydrogen-bond donors (Lipinski definition) is 0. The van der Waals surface area contributed by atoms with Gasteiger partial charge in [0, 0.05) is 25.1 Å². The van der Waals surface area contributed by atoms with Gasteiger partial charge in [-0.1, -0.05) is 63.2 Å². The maximum absolute atomic E-state index is 15.1. The van der Waals surface area contributed by atoms with Crippen molar-refractivity contribution in [1.82, 2.24) is 0 Å². The second-order valence-electron chi connectivity index (χ2n) is 9.99. The molecule has 5 aromatic rings. The van der Waals surface area contributed by atoms with Gasteiger partial charge in [-0.25, -0.2) is 9.24 Å². The van der Waals surface area contributed by atoms with E-state index in [2.05, 4.69) is 4.85 Å². The first-order valence-electron chi connectivity index (χ1n) is 12.6. The zero-order valence-electron chi connectivity index (χ0n) is 22.5. The summed E-state index contributed by atoms with van der Waals surface area (Å²) in [5.74, 6) is -0.588. The Hall–Kier alpha value is -3.97. The number of nitrogens with zero attached hydrogens (tertiary/aromatic N) is 2. The van der Waals surface area contributed by atoms with E-state index in [0.717, 1.165) is 33.0 Å². The van der Waals surface area contributed by atoms with Gasteiger partial charge in [0.25, 0.3) is 0 Å². The summed E-state index contributed by atoms with van der Waals surface area (Å²) in [5.41, 5.74) is 5.11. The Balaban J connectivity index is 1.82. The smallest absolute Gasteiger partial charge is 0.216 e. The number of aryl methyl sites for hydroxylation is 2. The molecule has 174 valence electrons. The van der Waals surface area contributed by atoms with E-state index in [1.807, 2.05) is 61.5 Å². The van der Waals surface area contributed by atoms with E-state index in [-0.39, 0.29) is 5.56 Å². The van der Waals surface area contributed by atoms with Gasteiger partial charge < -0.3 is 4.42 Å². The van der Waals surface area contributed by atoms with Gasteiger partial charge in [0.1, 0.15) is 18.2 Å². The van der Waals surface area contributed by atoms with Crippen LogP contribution in [-0.4, -0.2) is 0 Å². The SMILES string of the molecule is [2H]C([2H])(c1cc(-c2c(C)ccc3c2oc2cc(-c4ccccc4)c([N+]#[C-])cc23)[n+](C)cc1F)C(C)(C)C. The van der Waals surface area contributed by atoms with E-state index < -0.39 is 17.6 Å². The molecule has 0 aliphatic heterocycles. The first kappa shape index (κ1) is 20.4. The number of benzene rings is 3. The second kappa shape index (κ2) is 8.36. The highest BCUT2D eigenvalue weighted by atomic mass is 19.1. The number of fused-ring (bicyclic) bond motifs is 3. The molecule has 0 bridgehead atoms. The molecule has 0 saturated carbocycles. The highest BCUT2D eigenvalue weighted by Gasteiger charge is 2.25. The van der Waals surface area contributed by atoms with Crippen molar-refractivity contribution < 1.29 is 16.1 Å². The van der Waals surface area contributed by atoms with Crippen molar-refractivity contribution in [3.63, 3.8) is 0 Å². The van der Waals surface area contributed by atoms with Crippen LogP contribution in [-0.2, 0) is 13.4 Å². The summed E-state index contributed by atoms with van der Waals surface area (Å²) in [6.07, 6.45) is -0.565. The summed E-state index contributed by atoms with van der Waals surface area (Å²) in [7, 11) is 1.75. The third-order valence-electron chi connectivity index (χ3n) is 6.16. The molecular weight excluding hydrogens is 435 g/mol. The Morgan fingerprint density at radius 2 is 1.80 bits per heavy atom. The zero-order chi connectivity index (χ0) is 26.7. The van der Waals surface area contributed by atoms with Crippen LogP contribution in [0.25, 0.3) is 49.2 Å². The molecule has 0 atom stereocenters. The fourth-order valence-corrected chi connectivity index (χ4v) is 4.60. The van der Waals surface area contributed by atoms with Crippen LogP contribution in [0.3, 0.4) is 0 Å². The van der Waals surface area contributed by atoms with Gasteiger partial charge in [0.2, 0.25) is 11.9 Å². The third kappa shape index (κ3) is 4.08. The number of pyridine rings is 1. The number of halogens is 1. The zero-order valence-corrected chi connectivity index (χ0v) is 20.5. The van der Waals surface area contributed by atoms with Gasteiger partial charge in [-0.15, -0.1) is 0 Å². The van der Waals surface area contributed by atoms with Crippen molar-refractivity contribution in [3.05, 3.63) is 95.2 Å². The van der Waals surface area contributed by atoms with Crippen LogP contribution < -0.4 is 4.57 Å². The van der Waals surface area contributed by atoms with Gasteiger partial charge in [-0.05, 0) is 47.5 Å². The summed E-state index contributed by atoms with van der Waals surface area (Å²) in [5, 5.41) is 1.68. The second-order valence-corrected chi connectivity index (χ2v) is 9.99.